The Labute approximate surface area is 106 Å². The number of carboxylic acids is 1. The second-order valence-electron chi connectivity index (χ2n) is 4.49. The Morgan fingerprint density at radius 3 is 2.83 bits per heavy atom. The fourth-order valence-corrected chi connectivity index (χ4v) is 3.74. The summed E-state index contributed by atoms with van der Waals surface area (Å²) < 4.78 is 22.6. The lowest BCUT2D eigenvalue weighted by atomic mass is 10.1. The van der Waals surface area contributed by atoms with Crippen molar-refractivity contribution in [3.8, 4) is 0 Å². The summed E-state index contributed by atoms with van der Waals surface area (Å²) in [6.45, 7) is 0.487. The second kappa shape index (κ2) is 5.07. The molecule has 0 bridgehead atoms. The molecule has 2 rings (SSSR count). The summed E-state index contributed by atoms with van der Waals surface area (Å²) in [5.74, 6) is -0.550. The topological polar surface area (TPSA) is 83.5 Å². The molecule has 0 radical (unpaired) electrons. The number of sulfone groups is 1. The molecular formula is C12H15NO4S. The van der Waals surface area contributed by atoms with Gasteiger partial charge < -0.3 is 10.4 Å². The lowest BCUT2D eigenvalue weighted by Gasteiger charge is -2.10. The third kappa shape index (κ3) is 3.30. The molecule has 5 nitrogen and oxygen atoms in total. The first-order valence-electron chi connectivity index (χ1n) is 5.72. The summed E-state index contributed by atoms with van der Waals surface area (Å²) in [7, 11) is -2.88. The third-order valence-electron chi connectivity index (χ3n) is 3.00. The van der Waals surface area contributed by atoms with Crippen LogP contribution in [0.1, 0.15) is 22.3 Å². The van der Waals surface area contributed by atoms with Crippen LogP contribution in [0.5, 0.6) is 0 Å². The zero-order valence-electron chi connectivity index (χ0n) is 9.80. The van der Waals surface area contributed by atoms with E-state index in [0.29, 0.717) is 13.0 Å². The smallest absolute Gasteiger partial charge is 0.335 e. The van der Waals surface area contributed by atoms with Crippen molar-refractivity contribution in [2.75, 3.05) is 11.5 Å². The Bertz CT molecular complexity index is 553. The van der Waals surface area contributed by atoms with Crippen molar-refractivity contribution in [3.63, 3.8) is 0 Å². The maximum absolute atomic E-state index is 11.3. The first-order valence-corrected chi connectivity index (χ1v) is 7.54. The fraction of sp³-hybridized carbons (Fsp3) is 0.417. The predicted molar refractivity (Wildman–Crippen MR) is 67.3 cm³/mol. The van der Waals surface area contributed by atoms with Gasteiger partial charge in [0.15, 0.2) is 9.84 Å². The van der Waals surface area contributed by atoms with E-state index in [1.54, 1.807) is 12.1 Å². The fourth-order valence-electron chi connectivity index (χ4n) is 2.03. The molecule has 1 saturated heterocycles. The zero-order chi connectivity index (χ0) is 13.2. The van der Waals surface area contributed by atoms with Gasteiger partial charge in [-0.25, -0.2) is 13.2 Å². The number of nitrogens with one attached hydrogen (secondary N) is 1. The normalized spacial score (nSPS) is 21.9. The number of hydrogen-bond acceptors (Lipinski definition) is 4. The molecular weight excluding hydrogens is 254 g/mol. The van der Waals surface area contributed by atoms with Gasteiger partial charge in [0.2, 0.25) is 0 Å². The summed E-state index contributed by atoms with van der Waals surface area (Å²) >= 11 is 0. The van der Waals surface area contributed by atoms with Crippen LogP contribution in [0.15, 0.2) is 24.3 Å². The Morgan fingerprint density at radius 2 is 2.22 bits per heavy atom. The summed E-state index contributed by atoms with van der Waals surface area (Å²) in [6, 6.07) is 6.61. The molecule has 0 aliphatic carbocycles. The molecule has 1 unspecified atom stereocenters. The second-order valence-corrected chi connectivity index (χ2v) is 6.72. The number of rotatable bonds is 4. The molecule has 0 amide bonds. The van der Waals surface area contributed by atoms with Crippen LogP contribution in [-0.2, 0) is 16.4 Å². The minimum atomic E-state index is -2.88. The SMILES string of the molecule is O=C(O)c1cccc(CNC2CCS(=O)(=O)C2)c1. The number of carboxylic acid groups (broad SMARTS) is 1. The minimum absolute atomic E-state index is 0.0246. The highest BCUT2D eigenvalue weighted by molar-refractivity contribution is 7.91. The molecule has 1 aliphatic heterocycles. The van der Waals surface area contributed by atoms with Gasteiger partial charge in [-0.3, -0.25) is 0 Å². The third-order valence-corrected chi connectivity index (χ3v) is 4.77. The standard InChI is InChI=1S/C12H15NO4S/c14-12(15)10-3-1-2-9(6-10)7-13-11-4-5-18(16,17)8-11/h1-3,6,11,13H,4-5,7-8H2,(H,14,15). The van der Waals surface area contributed by atoms with E-state index in [4.69, 9.17) is 5.11 Å². The summed E-state index contributed by atoms with van der Waals surface area (Å²) in [5, 5.41) is 12.0. The zero-order valence-corrected chi connectivity index (χ0v) is 10.6. The molecule has 1 heterocycles. The van der Waals surface area contributed by atoms with E-state index in [-0.39, 0.29) is 23.1 Å². The van der Waals surface area contributed by atoms with E-state index in [9.17, 15) is 13.2 Å². The van der Waals surface area contributed by atoms with Crippen LogP contribution in [0, 0.1) is 0 Å². The van der Waals surface area contributed by atoms with Gasteiger partial charge >= 0.3 is 5.97 Å². The van der Waals surface area contributed by atoms with Gasteiger partial charge in [-0.05, 0) is 24.1 Å². The van der Waals surface area contributed by atoms with Gasteiger partial charge in [-0.15, -0.1) is 0 Å². The lowest BCUT2D eigenvalue weighted by molar-refractivity contribution is 0.0696. The molecule has 0 saturated carbocycles. The number of hydrogen-bond donors (Lipinski definition) is 2. The molecule has 0 spiro atoms. The largest absolute Gasteiger partial charge is 0.478 e. The average molecular weight is 269 g/mol. The molecule has 98 valence electrons. The Hall–Kier alpha value is -1.40. The van der Waals surface area contributed by atoms with E-state index >= 15 is 0 Å². The molecule has 1 aromatic carbocycles. The van der Waals surface area contributed by atoms with E-state index in [1.165, 1.54) is 6.07 Å². The molecule has 18 heavy (non-hydrogen) atoms. The quantitative estimate of drug-likeness (QED) is 0.839. The maximum Gasteiger partial charge on any atom is 0.335 e. The Balaban J connectivity index is 1.95. The predicted octanol–water partition coefficient (Wildman–Crippen LogP) is 0.661. The van der Waals surface area contributed by atoms with E-state index in [2.05, 4.69) is 5.32 Å². The van der Waals surface area contributed by atoms with Gasteiger partial charge in [0.25, 0.3) is 0 Å². The minimum Gasteiger partial charge on any atom is -0.478 e. The van der Waals surface area contributed by atoms with Crippen LogP contribution in [0.2, 0.25) is 0 Å². The van der Waals surface area contributed by atoms with Gasteiger partial charge in [0.05, 0.1) is 17.1 Å². The van der Waals surface area contributed by atoms with Crippen molar-refractivity contribution < 1.29 is 18.3 Å². The van der Waals surface area contributed by atoms with Crippen molar-refractivity contribution in [2.24, 2.45) is 0 Å². The van der Waals surface area contributed by atoms with Crippen molar-refractivity contribution in [2.45, 2.75) is 19.0 Å². The number of carbonyl (C=O) groups is 1. The molecule has 1 atom stereocenters. The Kier molecular flexibility index (Phi) is 3.68. The number of aromatic carboxylic acids is 1. The van der Waals surface area contributed by atoms with Crippen LogP contribution < -0.4 is 5.32 Å². The van der Waals surface area contributed by atoms with E-state index < -0.39 is 15.8 Å². The highest BCUT2D eigenvalue weighted by Gasteiger charge is 2.27. The molecule has 0 aromatic heterocycles. The molecule has 6 heteroatoms. The van der Waals surface area contributed by atoms with Gasteiger partial charge in [-0.2, -0.15) is 0 Å². The van der Waals surface area contributed by atoms with Crippen molar-refractivity contribution in [3.05, 3.63) is 35.4 Å². The first kappa shape index (κ1) is 13.0. The van der Waals surface area contributed by atoms with Crippen molar-refractivity contribution in [1.29, 1.82) is 0 Å². The summed E-state index contributed by atoms with van der Waals surface area (Å²) in [6.07, 6.45) is 0.626. The van der Waals surface area contributed by atoms with Gasteiger partial charge in [0.1, 0.15) is 0 Å². The maximum atomic E-state index is 11.3. The van der Waals surface area contributed by atoms with Gasteiger partial charge in [-0.1, -0.05) is 12.1 Å². The van der Waals surface area contributed by atoms with E-state index in [1.807, 2.05) is 6.07 Å². The van der Waals surface area contributed by atoms with Crippen LogP contribution in [0.25, 0.3) is 0 Å². The van der Waals surface area contributed by atoms with Crippen LogP contribution in [-0.4, -0.2) is 37.0 Å². The molecule has 1 aromatic rings. The molecule has 1 fully saturated rings. The molecule has 1 aliphatic rings. The van der Waals surface area contributed by atoms with Crippen LogP contribution >= 0.6 is 0 Å². The monoisotopic (exact) mass is 269 g/mol. The highest BCUT2D eigenvalue weighted by Crippen LogP contribution is 2.12. The molecule has 2 N–H and O–H groups in total. The number of benzene rings is 1. The first-order chi connectivity index (χ1) is 8.46. The lowest BCUT2D eigenvalue weighted by Crippen LogP contribution is -2.29. The van der Waals surface area contributed by atoms with E-state index in [0.717, 1.165) is 5.56 Å². The van der Waals surface area contributed by atoms with Crippen LogP contribution in [0.3, 0.4) is 0 Å². The van der Waals surface area contributed by atoms with Crippen molar-refractivity contribution in [1.82, 2.24) is 5.32 Å². The highest BCUT2D eigenvalue weighted by atomic mass is 32.2. The summed E-state index contributed by atoms with van der Waals surface area (Å²) in [5.41, 5.74) is 1.09. The summed E-state index contributed by atoms with van der Waals surface area (Å²) in [4.78, 5) is 10.8. The average Bonchev–Trinajstić information content (AvgIpc) is 2.67. The Morgan fingerprint density at radius 1 is 1.44 bits per heavy atom. The van der Waals surface area contributed by atoms with Crippen LogP contribution in [0.4, 0.5) is 0 Å². The van der Waals surface area contributed by atoms with Gasteiger partial charge in [0, 0.05) is 12.6 Å². The van der Waals surface area contributed by atoms with Crippen molar-refractivity contribution >= 4 is 15.8 Å².